The fourth-order valence-corrected chi connectivity index (χ4v) is 2.54. The van der Waals surface area contributed by atoms with Gasteiger partial charge >= 0.3 is 0 Å². The monoisotopic (exact) mass is 228 g/mol. The van der Waals surface area contributed by atoms with Crippen molar-refractivity contribution in [1.82, 2.24) is 0 Å². The summed E-state index contributed by atoms with van der Waals surface area (Å²) in [4.78, 5) is 2.48. The first-order valence-corrected chi connectivity index (χ1v) is 6.52. The molecule has 0 amide bonds. The Morgan fingerprint density at radius 2 is 2.24 bits per heavy atom. The van der Waals surface area contributed by atoms with Crippen molar-refractivity contribution in [3.63, 3.8) is 0 Å². The zero-order chi connectivity index (χ0) is 12.1. The smallest absolute Gasteiger partial charge is 0.0621 e. The molecule has 0 saturated carbocycles. The molecule has 1 aliphatic heterocycles. The molecule has 0 fully saturated rings. The number of benzene rings is 1. The van der Waals surface area contributed by atoms with Crippen molar-refractivity contribution in [1.29, 1.82) is 5.26 Å². The lowest BCUT2D eigenvalue weighted by Crippen LogP contribution is -2.30. The van der Waals surface area contributed by atoms with Crippen LogP contribution in [-0.4, -0.2) is 13.1 Å². The Bertz CT molecular complexity index is 417. The van der Waals surface area contributed by atoms with E-state index in [9.17, 15) is 0 Å². The largest absolute Gasteiger partial charge is 0.371 e. The van der Waals surface area contributed by atoms with Gasteiger partial charge < -0.3 is 4.90 Å². The van der Waals surface area contributed by atoms with E-state index in [0.29, 0.717) is 6.42 Å². The third-order valence-electron chi connectivity index (χ3n) is 3.42. The Hall–Kier alpha value is -1.49. The predicted octanol–water partition coefficient (Wildman–Crippen LogP) is 3.44. The number of rotatable bonds is 4. The normalized spacial score (nSPS) is 14.2. The van der Waals surface area contributed by atoms with Crippen molar-refractivity contribution in [2.45, 2.75) is 39.0 Å². The van der Waals surface area contributed by atoms with Crippen molar-refractivity contribution >= 4 is 5.69 Å². The first-order chi connectivity index (χ1) is 8.31. The van der Waals surface area contributed by atoms with Gasteiger partial charge in [0.2, 0.25) is 0 Å². The number of fused-ring (bicyclic) bond motifs is 1. The summed E-state index contributed by atoms with van der Waals surface area (Å²) in [6, 6.07) is 8.99. The van der Waals surface area contributed by atoms with Crippen molar-refractivity contribution in [2.75, 3.05) is 18.0 Å². The Morgan fingerprint density at radius 1 is 1.35 bits per heavy atom. The van der Waals surface area contributed by atoms with Crippen molar-refractivity contribution < 1.29 is 0 Å². The first kappa shape index (κ1) is 12.0. The Balaban J connectivity index is 2.00. The molecule has 0 radical (unpaired) electrons. The van der Waals surface area contributed by atoms with Crippen LogP contribution in [0, 0.1) is 18.3 Å². The van der Waals surface area contributed by atoms with E-state index >= 15 is 0 Å². The van der Waals surface area contributed by atoms with E-state index < -0.39 is 0 Å². The lowest BCUT2D eigenvalue weighted by atomic mass is 9.99. The van der Waals surface area contributed by atoms with Crippen LogP contribution in [0.1, 0.15) is 36.8 Å². The van der Waals surface area contributed by atoms with Crippen LogP contribution in [0.4, 0.5) is 5.69 Å². The molecule has 90 valence electrons. The van der Waals surface area contributed by atoms with Gasteiger partial charge in [-0.15, -0.1) is 0 Å². The van der Waals surface area contributed by atoms with Crippen LogP contribution in [0.25, 0.3) is 0 Å². The standard InChI is InChI=1S/C15H20N2/c1-13-7-8-15-14(12-13)6-5-11-17(15)10-4-2-3-9-16/h7-8,12H,2-6,10-11H2,1H3. The SMILES string of the molecule is Cc1ccc2c(c1)CCCN2CCCCC#N. The number of unbranched alkanes of at least 4 members (excludes halogenated alkanes) is 2. The average Bonchev–Trinajstić information content (AvgIpc) is 2.34. The minimum atomic E-state index is 0.689. The number of nitriles is 1. The van der Waals surface area contributed by atoms with E-state index in [2.05, 4.69) is 36.1 Å². The molecule has 1 heterocycles. The summed E-state index contributed by atoms with van der Waals surface area (Å²) in [7, 11) is 0. The lowest BCUT2D eigenvalue weighted by molar-refractivity contribution is 0.648. The van der Waals surface area contributed by atoms with Crippen LogP contribution < -0.4 is 4.90 Å². The fraction of sp³-hybridized carbons (Fsp3) is 0.533. The maximum atomic E-state index is 8.53. The Kier molecular flexibility index (Phi) is 4.03. The summed E-state index contributed by atoms with van der Waals surface area (Å²) in [5, 5.41) is 8.53. The summed E-state index contributed by atoms with van der Waals surface area (Å²) in [6.07, 6.45) is 5.31. The van der Waals surface area contributed by atoms with E-state index in [1.165, 1.54) is 36.2 Å². The maximum absolute atomic E-state index is 8.53. The Labute approximate surface area is 104 Å². The molecule has 17 heavy (non-hydrogen) atoms. The third kappa shape index (κ3) is 3.00. The molecule has 0 spiro atoms. The van der Waals surface area contributed by atoms with Crippen LogP contribution in [-0.2, 0) is 6.42 Å². The second-order valence-corrected chi connectivity index (χ2v) is 4.84. The fourth-order valence-electron chi connectivity index (χ4n) is 2.54. The van der Waals surface area contributed by atoms with Gasteiger partial charge in [0.25, 0.3) is 0 Å². The number of hydrogen-bond acceptors (Lipinski definition) is 2. The van der Waals surface area contributed by atoms with Gasteiger partial charge in [-0.1, -0.05) is 17.7 Å². The molecule has 0 saturated heterocycles. The van der Waals surface area contributed by atoms with Gasteiger partial charge in [-0.2, -0.15) is 5.26 Å². The lowest BCUT2D eigenvalue weighted by Gasteiger charge is -2.31. The molecule has 1 aromatic rings. The van der Waals surface area contributed by atoms with Crippen LogP contribution in [0.5, 0.6) is 0 Å². The highest BCUT2D eigenvalue weighted by molar-refractivity contribution is 5.56. The highest BCUT2D eigenvalue weighted by Crippen LogP contribution is 2.28. The molecular formula is C15H20N2. The van der Waals surface area contributed by atoms with E-state index in [-0.39, 0.29) is 0 Å². The molecule has 0 atom stereocenters. The van der Waals surface area contributed by atoms with Gasteiger partial charge in [0.15, 0.2) is 0 Å². The molecule has 0 aromatic heterocycles. The zero-order valence-electron chi connectivity index (χ0n) is 10.6. The molecule has 0 unspecified atom stereocenters. The molecule has 0 bridgehead atoms. The molecule has 0 aliphatic carbocycles. The average molecular weight is 228 g/mol. The molecule has 1 aromatic carbocycles. The topological polar surface area (TPSA) is 27.0 Å². The van der Waals surface area contributed by atoms with Gasteiger partial charge in [-0.05, 0) is 44.2 Å². The van der Waals surface area contributed by atoms with Crippen LogP contribution >= 0.6 is 0 Å². The number of nitrogens with zero attached hydrogens (tertiary/aromatic N) is 2. The van der Waals surface area contributed by atoms with E-state index in [4.69, 9.17) is 5.26 Å². The van der Waals surface area contributed by atoms with Gasteiger partial charge in [0.1, 0.15) is 0 Å². The maximum Gasteiger partial charge on any atom is 0.0621 e. The van der Waals surface area contributed by atoms with Crippen molar-refractivity contribution in [3.8, 4) is 6.07 Å². The minimum absolute atomic E-state index is 0.689. The summed E-state index contributed by atoms with van der Waals surface area (Å²) in [5.41, 5.74) is 4.27. The highest BCUT2D eigenvalue weighted by atomic mass is 15.1. The molecular weight excluding hydrogens is 208 g/mol. The second-order valence-electron chi connectivity index (χ2n) is 4.84. The Morgan fingerprint density at radius 3 is 3.06 bits per heavy atom. The number of hydrogen-bond donors (Lipinski definition) is 0. The van der Waals surface area contributed by atoms with Crippen LogP contribution in [0.3, 0.4) is 0 Å². The number of anilines is 1. The first-order valence-electron chi connectivity index (χ1n) is 6.52. The summed E-state index contributed by atoms with van der Waals surface area (Å²) < 4.78 is 0. The highest BCUT2D eigenvalue weighted by Gasteiger charge is 2.15. The number of aryl methyl sites for hydroxylation is 2. The van der Waals surface area contributed by atoms with E-state index in [1.54, 1.807) is 0 Å². The third-order valence-corrected chi connectivity index (χ3v) is 3.42. The quantitative estimate of drug-likeness (QED) is 0.738. The van der Waals surface area contributed by atoms with Gasteiger partial charge in [0.05, 0.1) is 6.07 Å². The predicted molar refractivity (Wildman–Crippen MR) is 71.2 cm³/mol. The minimum Gasteiger partial charge on any atom is -0.371 e. The molecule has 1 aliphatic rings. The van der Waals surface area contributed by atoms with Gasteiger partial charge in [-0.3, -0.25) is 0 Å². The summed E-state index contributed by atoms with van der Waals surface area (Å²) >= 11 is 0. The summed E-state index contributed by atoms with van der Waals surface area (Å²) in [6.45, 7) is 4.42. The van der Waals surface area contributed by atoms with E-state index in [1.807, 2.05) is 0 Å². The molecule has 2 rings (SSSR count). The van der Waals surface area contributed by atoms with Crippen molar-refractivity contribution in [3.05, 3.63) is 29.3 Å². The molecule has 2 nitrogen and oxygen atoms in total. The van der Waals surface area contributed by atoms with Crippen LogP contribution in [0.15, 0.2) is 18.2 Å². The van der Waals surface area contributed by atoms with Crippen LogP contribution in [0.2, 0.25) is 0 Å². The second kappa shape index (κ2) is 5.72. The zero-order valence-corrected chi connectivity index (χ0v) is 10.6. The summed E-state index contributed by atoms with van der Waals surface area (Å²) in [5.74, 6) is 0. The van der Waals surface area contributed by atoms with E-state index in [0.717, 1.165) is 19.4 Å². The van der Waals surface area contributed by atoms with Gasteiger partial charge in [0, 0.05) is 25.2 Å². The molecule has 0 N–H and O–H groups in total. The van der Waals surface area contributed by atoms with Gasteiger partial charge in [-0.25, -0.2) is 0 Å². The molecule has 2 heteroatoms. The van der Waals surface area contributed by atoms with Crippen molar-refractivity contribution in [2.24, 2.45) is 0 Å².